The van der Waals surface area contributed by atoms with E-state index in [2.05, 4.69) is 15.9 Å². The van der Waals surface area contributed by atoms with E-state index >= 15 is 0 Å². The number of phenols is 1. The number of hydrogen-bond donors (Lipinski definition) is 2. The van der Waals surface area contributed by atoms with Crippen molar-refractivity contribution in [2.24, 2.45) is 0 Å². The van der Waals surface area contributed by atoms with E-state index in [9.17, 15) is 5.11 Å². The molecule has 60 valence electrons. The van der Waals surface area contributed by atoms with Crippen LogP contribution in [0.4, 0.5) is 5.69 Å². The summed E-state index contributed by atoms with van der Waals surface area (Å²) in [5.41, 5.74) is 8.03. The third kappa shape index (κ3) is 1.33. The number of aromatic hydroxyl groups is 1. The van der Waals surface area contributed by atoms with Gasteiger partial charge in [-0.15, -0.1) is 0 Å². The lowest BCUT2D eigenvalue weighted by Gasteiger charge is -2.07. The van der Waals surface area contributed by atoms with Crippen LogP contribution in [0, 0.1) is 13.8 Å². The van der Waals surface area contributed by atoms with Crippen LogP contribution in [0.2, 0.25) is 0 Å². The minimum absolute atomic E-state index is 0.133. The van der Waals surface area contributed by atoms with E-state index in [-0.39, 0.29) is 5.75 Å². The van der Waals surface area contributed by atoms with E-state index in [0.29, 0.717) is 10.2 Å². The first-order valence-electron chi connectivity index (χ1n) is 3.28. The van der Waals surface area contributed by atoms with Crippen LogP contribution in [-0.4, -0.2) is 5.11 Å². The van der Waals surface area contributed by atoms with E-state index in [1.807, 2.05) is 13.8 Å². The first-order chi connectivity index (χ1) is 5.04. The fraction of sp³-hybridized carbons (Fsp3) is 0.250. The average Bonchev–Trinajstić information content (AvgIpc) is 1.97. The second-order valence-corrected chi connectivity index (χ2v) is 3.36. The lowest BCUT2D eigenvalue weighted by molar-refractivity contribution is 0.474. The molecule has 3 heteroatoms. The van der Waals surface area contributed by atoms with Gasteiger partial charge in [0.2, 0.25) is 0 Å². The standard InChI is InChI=1S/C8H10BrNO/c1-4-3-6(10)8(11)7(9)5(4)2/h3,11H,10H2,1-2H3. The van der Waals surface area contributed by atoms with Gasteiger partial charge in [-0.1, -0.05) is 0 Å². The number of nitrogens with two attached hydrogens (primary N) is 1. The van der Waals surface area contributed by atoms with Gasteiger partial charge < -0.3 is 10.8 Å². The molecule has 0 radical (unpaired) electrons. The highest BCUT2D eigenvalue weighted by Crippen LogP contribution is 2.34. The fourth-order valence-corrected chi connectivity index (χ4v) is 1.43. The Kier molecular flexibility index (Phi) is 2.09. The van der Waals surface area contributed by atoms with Crippen molar-refractivity contribution in [2.45, 2.75) is 13.8 Å². The number of phenolic OH excluding ortho intramolecular Hbond substituents is 1. The second kappa shape index (κ2) is 2.74. The van der Waals surface area contributed by atoms with Gasteiger partial charge in [0, 0.05) is 0 Å². The number of halogens is 1. The predicted molar refractivity (Wildman–Crippen MR) is 49.7 cm³/mol. The van der Waals surface area contributed by atoms with Crippen LogP contribution in [0.15, 0.2) is 10.5 Å². The van der Waals surface area contributed by atoms with Crippen LogP contribution in [0.25, 0.3) is 0 Å². The van der Waals surface area contributed by atoms with E-state index in [0.717, 1.165) is 11.1 Å². The highest BCUT2D eigenvalue weighted by atomic mass is 79.9. The molecular weight excluding hydrogens is 206 g/mol. The molecule has 0 unspecified atom stereocenters. The van der Waals surface area contributed by atoms with Gasteiger partial charge in [-0.2, -0.15) is 0 Å². The zero-order valence-corrected chi connectivity index (χ0v) is 8.07. The maximum absolute atomic E-state index is 9.34. The summed E-state index contributed by atoms with van der Waals surface area (Å²) >= 11 is 3.25. The quantitative estimate of drug-likeness (QED) is 0.516. The van der Waals surface area contributed by atoms with Crippen molar-refractivity contribution in [2.75, 3.05) is 5.73 Å². The average molecular weight is 216 g/mol. The van der Waals surface area contributed by atoms with Crippen molar-refractivity contribution >= 4 is 21.6 Å². The molecule has 0 aromatic heterocycles. The Labute approximate surface area is 74.2 Å². The predicted octanol–water partition coefficient (Wildman–Crippen LogP) is 2.35. The first kappa shape index (κ1) is 8.40. The van der Waals surface area contributed by atoms with Gasteiger partial charge in [0.1, 0.15) is 0 Å². The molecule has 0 fully saturated rings. The smallest absolute Gasteiger partial charge is 0.152 e. The molecular formula is C8H10BrNO. The molecule has 0 spiro atoms. The van der Waals surface area contributed by atoms with Gasteiger partial charge in [0.05, 0.1) is 10.2 Å². The van der Waals surface area contributed by atoms with Crippen LogP contribution in [0.1, 0.15) is 11.1 Å². The Hall–Kier alpha value is -0.700. The second-order valence-electron chi connectivity index (χ2n) is 2.57. The van der Waals surface area contributed by atoms with Gasteiger partial charge in [-0.05, 0) is 47.0 Å². The zero-order valence-electron chi connectivity index (χ0n) is 6.48. The Morgan fingerprint density at radius 1 is 1.45 bits per heavy atom. The molecule has 11 heavy (non-hydrogen) atoms. The molecule has 0 aliphatic heterocycles. The SMILES string of the molecule is Cc1cc(N)c(O)c(Br)c1C. The van der Waals surface area contributed by atoms with E-state index in [1.165, 1.54) is 0 Å². The van der Waals surface area contributed by atoms with Crippen LogP contribution >= 0.6 is 15.9 Å². The summed E-state index contributed by atoms with van der Waals surface area (Å²) in [4.78, 5) is 0. The highest BCUT2D eigenvalue weighted by molar-refractivity contribution is 9.10. The molecule has 3 N–H and O–H groups in total. The third-order valence-electron chi connectivity index (χ3n) is 1.77. The summed E-state index contributed by atoms with van der Waals surface area (Å²) in [5, 5.41) is 9.34. The number of benzene rings is 1. The van der Waals surface area contributed by atoms with Crippen molar-refractivity contribution in [3.8, 4) is 5.75 Å². The van der Waals surface area contributed by atoms with Crippen LogP contribution in [0.3, 0.4) is 0 Å². The molecule has 0 saturated carbocycles. The van der Waals surface area contributed by atoms with Crippen molar-refractivity contribution in [3.05, 3.63) is 21.7 Å². The first-order valence-corrected chi connectivity index (χ1v) is 4.07. The van der Waals surface area contributed by atoms with Gasteiger partial charge in [0.15, 0.2) is 5.75 Å². The van der Waals surface area contributed by atoms with E-state index in [4.69, 9.17) is 5.73 Å². The number of hydrogen-bond acceptors (Lipinski definition) is 2. The molecule has 0 atom stereocenters. The Bertz CT molecular complexity index is 270. The fourth-order valence-electron chi connectivity index (χ4n) is 0.887. The van der Waals surface area contributed by atoms with Gasteiger partial charge >= 0.3 is 0 Å². The minimum Gasteiger partial charge on any atom is -0.505 e. The third-order valence-corrected chi connectivity index (χ3v) is 2.74. The molecule has 0 amide bonds. The van der Waals surface area contributed by atoms with E-state index in [1.54, 1.807) is 6.07 Å². The van der Waals surface area contributed by atoms with Crippen molar-refractivity contribution in [1.29, 1.82) is 0 Å². The molecule has 0 aliphatic rings. The van der Waals surface area contributed by atoms with Crippen LogP contribution in [0.5, 0.6) is 5.75 Å². The maximum Gasteiger partial charge on any atom is 0.152 e. The van der Waals surface area contributed by atoms with Gasteiger partial charge in [-0.25, -0.2) is 0 Å². The molecule has 0 bridgehead atoms. The number of nitrogen functional groups attached to an aromatic ring is 1. The summed E-state index contributed by atoms with van der Waals surface area (Å²) in [7, 11) is 0. The maximum atomic E-state index is 9.34. The van der Waals surface area contributed by atoms with Crippen molar-refractivity contribution < 1.29 is 5.11 Å². The zero-order chi connectivity index (χ0) is 8.59. The number of anilines is 1. The van der Waals surface area contributed by atoms with Gasteiger partial charge in [0.25, 0.3) is 0 Å². The van der Waals surface area contributed by atoms with Crippen molar-refractivity contribution in [1.82, 2.24) is 0 Å². The lowest BCUT2D eigenvalue weighted by Crippen LogP contribution is -1.91. The molecule has 1 rings (SSSR count). The molecule has 1 aromatic rings. The van der Waals surface area contributed by atoms with Gasteiger partial charge in [-0.3, -0.25) is 0 Å². The summed E-state index contributed by atoms with van der Waals surface area (Å²) in [5.74, 6) is 0.133. The Morgan fingerprint density at radius 2 is 2.00 bits per heavy atom. The van der Waals surface area contributed by atoms with E-state index < -0.39 is 0 Å². The summed E-state index contributed by atoms with van der Waals surface area (Å²) in [6, 6.07) is 1.76. The molecule has 0 heterocycles. The normalized spacial score (nSPS) is 10.1. The minimum atomic E-state index is 0.133. The van der Waals surface area contributed by atoms with Crippen LogP contribution < -0.4 is 5.73 Å². The number of rotatable bonds is 0. The Morgan fingerprint density at radius 3 is 2.55 bits per heavy atom. The largest absolute Gasteiger partial charge is 0.505 e. The molecule has 0 aliphatic carbocycles. The Balaban J connectivity index is 3.46. The summed E-state index contributed by atoms with van der Waals surface area (Å²) in [6.45, 7) is 3.88. The van der Waals surface area contributed by atoms with Crippen molar-refractivity contribution in [3.63, 3.8) is 0 Å². The lowest BCUT2D eigenvalue weighted by atomic mass is 10.1. The topological polar surface area (TPSA) is 46.2 Å². The van der Waals surface area contributed by atoms with Crippen LogP contribution in [-0.2, 0) is 0 Å². The molecule has 1 aromatic carbocycles. The molecule has 0 saturated heterocycles. The summed E-state index contributed by atoms with van der Waals surface area (Å²) < 4.78 is 0.690. The highest BCUT2D eigenvalue weighted by Gasteiger charge is 2.07. The molecule has 2 nitrogen and oxygen atoms in total. The number of aryl methyl sites for hydroxylation is 1. The summed E-state index contributed by atoms with van der Waals surface area (Å²) in [6.07, 6.45) is 0. The monoisotopic (exact) mass is 215 g/mol.